The Morgan fingerprint density at radius 2 is 1.84 bits per heavy atom. The fraction of sp³-hybridized carbons (Fsp3) is 0.261. The van der Waals surface area contributed by atoms with Crippen molar-refractivity contribution in [2.24, 2.45) is 0 Å². The number of hydrogen-bond donors (Lipinski definition) is 0. The first-order valence-corrected chi connectivity index (χ1v) is 13.1. The number of carbonyl (C=O) groups is 1. The molecule has 32 heavy (non-hydrogen) atoms. The van der Waals surface area contributed by atoms with Gasteiger partial charge in [-0.2, -0.15) is 0 Å². The standard InChI is InChI=1S/C23H23N3O4S2/c1-32(28,29)19-11-9-18(10-12-19)20(27)16-31-23-25-24-22(21-8-5-15-30-21)26(23)14-13-17-6-3-2-4-7-17/h2-4,6-12H,5,13-16H2,1H3. The van der Waals surface area contributed by atoms with E-state index in [0.717, 1.165) is 24.9 Å². The Morgan fingerprint density at radius 3 is 2.50 bits per heavy atom. The summed E-state index contributed by atoms with van der Waals surface area (Å²) in [5, 5.41) is 9.28. The fourth-order valence-corrected chi connectivity index (χ4v) is 4.83. The number of aromatic nitrogens is 3. The minimum atomic E-state index is -3.30. The van der Waals surface area contributed by atoms with Crippen LogP contribution in [0.1, 0.15) is 28.2 Å². The molecule has 2 aromatic carbocycles. The summed E-state index contributed by atoms with van der Waals surface area (Å²) in [6.45, 7) is 1.29. The van der Waals surface area contributed by atoms with Crippen molar-refractivity contribution < 1.29 is 17.9 Å². The van der Waals surface area contributed by atoms with E-state index in [4.69, 9.17) is 4.74 Å². The number of Topliss-reactive ketones (excluding diaryl/α,β-unsaturated/α-hetero) is 1. The van der Waals surface area contributed by atoms with Crippen LogP contribution in [0.4, 0.5) is 0 Å². The highest BCUT2D eigenvalue weighted by Gasteiger charge is 2.20. The largest absolute Gasteiger partial charge is 0.490 e. The molecule has 4 rings (SSSR count). The summed E-state index contributed by atoms with van der Waals surface area (Å²) in [5.41, 5.74) is 1.66. The van der Waals surface area contributed by atoms with Crippen molar-refractivity contribution in [1.82, 2.24) is 14.8 Å². The van der Waals surface area contributed by atoms with Gasteiger partial charge in [0.2, 0.25) is 0 Å². The van der Waals surface area contributed by atoms with Crippen LogP contribution in [0.3, 0.4) is 0 Å². The van der Waals surface area contributed by atoms with Crippen LogP contribution in [0.15, 0.2) is 70.7 Å². The molecule has 2 heterocycles. The third-order valence-corrected chi connectivity index (χ3v) is 7.14. The molecule has 0 spiro atoms. The lowest BCUT2D eigenvalue weighted by atomic mass is 10.1. The Kier molecular flexibility index (Phi) is 6.76. The second-order valence-corrected chi connectivity index (χ2v) is 10.4. The average molecular weight is 470 g/mol. The number of carbonyl (C=O) groups excluding carboxylic acids is 1. The van der Waals surface area contributed by atoms with Crippen molar-refractivity contribution in [2.45, 2.75) is 29.4 Å². The van der Waals surface area contributed by atoms with Gasteiger partial charge in [-0.1, -0.05) is 54.2 Å². The number of benzene rings is 2. The van der Waals surface area contributed by atoms with Gasteiger partial charge in [0.1, 0.15) is 0 Å². The van der Waals surface area contributed by atoms with E-state index in [0.29, 0.717) is 29.7 Å². The number of ether oxygens (including phenoxy) is 1. The van der Waals surface area contributed by atoms with Crippen LogP contribution in [-0.2, 0) is 27.5 Å². The molecule has 0 saturated carbocycles. The number of sulfone groups is 1. The normalized spacial score (nSPS) is 13.6. The van der Waals surface area contributed by atoms with Crippen molar-refractivity contribution in [2.75, 3.05) is 18.6 Å². The zero-order valence-corrected chi connectivity index (χ0v) is 19.2. The molecule has 0 unspecified atom stereocenters. The van der Waals surface area contributed by atoms with Crippen LogP contribution >= 0.6 is 11.8 Å². The van der Waals surface area contributed by atoms with Crippen molar-refractivity contribution in [3.63, 3.8) is 0 Å². The molecule has 0 atom stereocenters. The van der Waals surface area contributed by atoms with Crippen LogP contribution in [0.2, 0.25) is 0 Å². The van der Waals surface area contributed by atoms with E-state index < -0.39 is 9.84 Å². The minimum Gasteiger partial charge on any atom is -0.490 e. The molecule has 0 amide bonds. The molecule has 1 aliphatic heterocycles. The van der Waals surface area contributed by atoms with Gasteiger partial charge in [-0.25, -0.2) is 8.42 Å². The van der Waals surface area contributed by atoms with Crippen LogP contribution in [0.5, 0.6) is 0 Å². The summed E-state index contributed by atoms with van der Waals surface area (Å²) < 4.78 is 30.9. The van der Waals surface area contributed by atoms with Gasteiger partial charge in [-0.05, 0) is 30.2 Å². The zero-order chi connectivity index (χ0) is 22.6. The Bertz CT molecular complexity index is 1230. The molecule has 0 aliphatic carbocycles. The predicted octanol–water partition coefficient (Wildman–Crippen LogP) is 3.66. The molecule has 1 aliphatic rings. The highest BCUT2D eigenvalue weighted by molar-refractivity contribution is 7.99. The van der Waals surface area contributed by atoms with Gasteiger partial charge in [0, 0.05) is 24.8 Å². The SMILES string of the molecule is CS(=O)(=O)c1ccc(C(=O)CSc2nnc(C3=CCCO3)n2CCc2ccccc2)cc1. The molecule has 0 N–H and O–H groups in total. The summed E-state index contributed by atoms with van der Waals surface area (Å²) in [6.07, 6.45) is 4.79. The van der Waals surface area contributed by atoms with E-state index in [1.165, 1.54) is 29.5 Å². The van der Waals surface area contributed by atoms with E-state index in [-0.39, 0.29) is 16.4 Å². The molecule has 1 aromatic heterocycles. The molecule has 7 nitrogen and oxygen atoms in total. The van der Waals surface area contributed by atoms with Gasteiger partial charge in [0.25, 0.3) is 0 Å². The first kappa shape index (κ1) is 22.3. The number of ketones is 1. The van der Waals surface area contributed by atoms with Crippen molar-refractivity contribution in [3.05, 3.63) is 77.6 Å². The van der Waals surface area contributed by atoms with Gasteiger partial charge in [-0.3, -0.25) is 9.36 Å². The number of thioether (sulfide) groups is 1. The second kappa shape index (κ2) is 9.70. The van der Waals surface area contributed by atoms with Crippen molar-refractivity contribution >= 4 is 33.1 Å². The molecule has 9 heteroatoms. The number of nitrogens with zero attached hydrogens (tertiary/aromatic N) is 3. The third-order valence-electron chi connectivity index (χ3n) is 5.05. The maximum atomic E-state index is 12.7. The van der Waals surface area contributed by atoms with Crippen molar-refractivity contribution in [3.8, 4) is 0 Å². The third kappa shape index (κ3) is 5.28. The maximum Gasteiger partial charge on any atom is 0.199 e. The highest BCUT2D eigenvalue weighted by Crippen LogP contribution is 2.26. The average Bonchev–Trinajstić information content (AvgIpc) is 3.46. The van der Waals surface area contributed by atoms with Crippen LogP contribution in [0, 0.1) is 0 Å². The van der Waals surface area contributed by atoms with Gasteiger partial charge >= 0.3 is 0 Å². The lowest BCUT2D eigenvalue weighted by Gasteiger charge is -2.11. The Balaban J connectivity index is 1.49. The predicted molar refractivity (Wildman–Crippen MR) is 123 cm³/mol. The molecule has 0 bridgehead atoms. The molecule has 0 radical (unpaired) electrons. The van der Waals surface area contributed by atoms with Crippen molar-refractivity contribution in [1.29, 1.82) is 0 Å². The van der Waals surface area contributed by atoms with E-state index in [9.17, 15) is 13.2 Å². The van der Waals surface area contributed by atoms with Gasteiger partial charge in [-0.15, -0.1) is 10.2 Å². The van der Waals surface area contributed by atoms with Crippen LogP contribution < -0.4 is 0 Å². The minimum absolute atomic E-state index is 0.106. The molecule has 3 aromatic rings. The Morgan fingerprint density at radius 1 is 1.09 bits per heavy atom. The Labute approximate surface area is 191 Å². The molecule has 0 saturated heterocycles. The van der Waals surface area contributed by atoms with Crippen LogP contribution in [-0.4, -0.2) is 47.6 Å². The summed E-state index contributed by atoms with van der Waals surface area (Å²) in [6, 6.07) is 16.2. The fourth-order valence-electron chi connectivity index (χ4n) is 3.34. The first-order chi connectivity index (χ1) is 15.4. The molecule has 166 valence electrons. The van der Waals surface area contributed by atoms with E-state index in [2.05, 4.69) is 22.3 Å². The first-order valence-electron chi connectivity index (χ1n) is 10.2. The van der Waals surface area contributed by atoms with Crippen LogP contribution in [0.25, 0.3) is 5.76 Å². The summed E-state index contributed by atoms with van der Waals surface area (Å²) in [5.74, 6) is 1.46. The van der Waals surface area contributed by atoms with Gasteiger partial charge in [0.15, 0.2) is 32.4 Å². The summed E-state index contributed by atoms with van der Waals surface area (Å²) >= 11 is 1.31. The zero-order valence-electron chi connectivity index (χ0n) is 17.6. The number of hydrogen-bond acceptors (Lipinski definition) is 7. The summed E-state index contributed by atoms with van der Waals surface area (Å²) in [7, 11) is -3.30. The lowest BCUT2D eigenvalue weighted by molar-refractivity contribution is 0.102. The monoisotopic (exact) mass is 469 g/mol. The number of rotatable bonds is 9. The highest BCUT2D eigenvalue weighted by atomic mass is 32.2. The molecule has 0 fully saturated rings. The summed E-state index contributed by atoms with van der Waals surface area (Å²) in [4.78, 5) is 12.9. The second-order valence-electron chi connectivity index (χ2n) is 7.41. The van der Waals surface area contributed by atoms with Gasteiger partial charge in [0.05, 0.1) is 17.3 Å². The molecular weight excluding hydrogens is 446 g/mol. The smallest absolute Gasteiger partial charge is 0.199 e. The van der Waals surface area contributed by atoms with E-state index >= 15 is 0 Å². The topological polar surface area (TPSA) is 91.2 Å². The van der Waals surface area contributed by atoms with Gasteiger partial charge < -0.3 is 4.74 Å². The lowest BCUT2D eigenvalue weighted by Crippen LogP contribution is -2.09. The quantitative estimate of drug-likeness (QED) is 0.349. The molecular formula is C23H23N3O4S2. The Hall–Kier alpha value is -2.91. The van der Waals surface area contributed by atoms with E-state index in [1.54, 1.807) is 12.1 Å². The van der Waals surface area contributed by atoms with E-state index in [1.807, 2.05) is 28.8 Å². The maximum absolute atomic E-state index is 12.7. The number of aryl methyl sites for hydroxylation is 1.